The molecule has 5 rings (SSSR count). The molecule has 0 aliphatic rings. The van der Waals surface area contributed by atoms with E-state index < -0.39 is 0 Å². The summed E-state index contributed by atoms with van der Waals surface area (Å²) >= 11 is 1.87. The Morgan fingerprint density at radius 1 is 0.714 bits per heavy atom. The first-order chi connectivity index (χ1) is 10.4. The maximum absolute atomic E-state index is 4.64. The summed E-state index contributed by atoms with van der Waals surface area (Å²) in [6.07, 6.45) is 1.88. The second-order valence-corrected chi connectivity index (χ2v) is 6.33. The summed E-state index contributed by atoms with van der Waals surface area (Å²) in [6, 6.07) is 21.6. The molecule has 0 N–H and O–H groups in total. The van der Waals surface area contributed by atoms with E-state index in [1.807, 2.05) is 23.6 Å². The average Bonchev–Trinajstić information content (AvgIpc) is 2.93. The first-order valence-electron chi connectivity index (χ1n) is 6.99. The maximum atomic E-state index is 4.64. The summed E-state index contributed by atoms with van der Waals surface area (Å²) in [4.78, 5) is 4.64. The normalized spacial score (nSPS) is 11.8. The molecule has 0 fully saturated rings. The molecule has 0 amide bonds. The number of benzene rings is 3. The molecule has 0 unspecified atom stereocenters. The van der Waals surface area contributed by atoms with Crippen molar-refractivity contribution in [1.29, 1.82) is 0 Å². The van der Waals surface area contributed by atoms with Gasteiger partial charge in [-0.25, -0.2) is 0 Å². The number of thiophene rings is 1. The number of hydrogen-bond donors (Lipinski definition) is 0. The lowest BCUT2D eigenvalue weighted by Gasteiger charge is -2.04. The first kappa shape index (κ1) is 11.2. The van der Waals surface area contributed by atoms with Gasteiger partial charge >= 0.3 is 0 Å². The molecule has 3 aromatic carbocycles. The SMILES string of the molecule is c1cnc2c(c1)ccc1ccc3c4ccccc4sc3c12. The number of aromatic nitrogens is 1. The monoisotopic (exact) mass is 285 g/mol. The highest BCUT2D eigenvalue weighted by Gasteiger charge is 2.10. The lowest BCUT2D eigenvalue weighted by molar-refractivity contribution is 1.43. The lowest BCUT2D eigenvalue weighted by atomic mass is 10.0. The Morgan fingerprint density at radius 3 is 2.57 bits per heavy atom. The molecule has 0 radical (unpaired) electrons. The summed E-state index contributed by atoms with van der Waals surface area (Å²) < 4.78 is 2.69. The molecule has 0 aliphatic carbocycles. The third-order valence-corrected chi connectivity index (χ3v) is 5.30. The van der Waals surface area contributed by atoms with Gasteiger partial charge in [0.15, 0.2) is 0 Å². The molecule has 2 aromatic heterocycles. The van der Waals surface area contributed by atoms with Gasteiger partial charge < -0.3 is 0 Å². The topological polar surface area (TPSA) is 12.9 Å². The van der Waals surface area contributed by atoms with Crippen molar-refractivity contribution < 1.29 is 0 Å². The van der Waals surface area contributed by atoms with Crippen LogP contribution in [0.5, 0.6) is 0 Å². The van der Waals surface area contributed by atoms with E-state index in [9.17, 15) is 0 Å². The summed E-state index contributed by atoms with van der Waals surface area (Å²) in [7, 11) is 0. The largest absolute Gasteiger partial charge is 0.256 e. The van der Waals surface area contributed by atoms with Crippen LogP contribution in [0.2, 0.25) is 0 Å². The van der Waals surface area contributed by atoms with Crippen LogP contribution in [0.25, 0.3) is 41.8 Å². The maximum Gasteiger partial charge on any atom is 0.0794 e. The third kappa shape index (κ3) is 1.48. The Labute approximate surface area is 125 Å². The van der Waals surface area contributed by atoms with Gasteiger partial charge in [0.05, 0.1) is 5.52 Å². The number of nitrogens with zero attached hydrogens (tertiary/aromatic N) is 1. The van der Waals surface area contributed by atoms with Crippen molar-refractivity contribution in [2.45, 2.75) is 0 Å². The van der Waals surface area contributed by atoms with Gasteiger partial charge in [-0.1, -0.05) is 48.5 Å². The van der Waals surface area contributed by atoms with Crippen LogP contribution < -0.4 is 0 Å². The van der Waals surface area contributed by atoms with Gasteiger partial charge in [-0.05, 0) is 17.5 Å². The molecule has 1 nitrogen and oxygen atoms in total. The van der Waals surface area contributed by atoms with E-state index in [4.69, 9.17) is 0 Å². The fourth-order valence-corrected chi connectivity index (χ4v) is 4.39. The van der Waals surface area contributed by atoms with Gasteiger partial charge in [-0.15, -0.1) is 11.3 Å². The van der Waals surface area contributed by atoms with Crippen molar-refractivity contribution in [2.24, 2.45) is 0 Å². The van der Waals surface area contributed by atoms with Crippen molar-refractivity contribution >= 4 is 53.2 Å². The summed E-state index contributed by atoms with van der Waals surface area (Å²) in [5, 5.41) is 6.43. The fraction of sp³-hybridized carbons (Fsp3) is 0. The molecule has 21 heavy (non-hydrogen) atoms. The quantitative estimate of drug-likeness (QED) is 0.330. The van der Waals surface area contributed by atoms with Gasteiger partial charge in [-0.2, -0.15) is 0 Å². The predicted molar refractivity (Wildman–Crippen MR) is 92.1 cm³/mol. The Kier molecular flexibility index (Phi) is 2.15. The lowest BCUT2D eigenvalue weighted by Crippen LogP contribution is -1.81. The zero-order chi connectivity index (χ0) is 13.8. The minimum atomic E-state index is 1.10. The van der Waals surface area contributed by atoms with Gasteiger partial charge in [-0.3, -0.25) is 4.98 Å². The van der Waals surface area contributed by atoms with Crippen LogP contribution >= 0.6 is 11.3 Å². The second-order valence-electron chi connectivity index (χ2n) is 5.28. The molecule has 0 aliphatic heterocycles. The standard InChI is InChI=1S/C19H11NS/c1-2-6-16-14(5-1)15-10-9-12-7-8-13-4-3-11-20-18(13)17(12)19(15)21-16/h1-11H. The Bertz CT molecular complexity index is 1140. The van der Waals surface area contributed by atoms with E-state index in [0.29, 0.717) is 0 Å². The van der Waals surface area contributed by atoms with Crippen molar-refractivity contribution in [1.82, 2.24) is 4.98 Å². The van der Waals surface area contributed by atoms with E-state index in [1.54, 1.807) is 0 Å². The number of hydrogen-bond acceptors (Lipinski definition) is 2. The number of pyridine rings is 1. The van der Waals surface area contributed by atoms with Crippen LogP contribution in [0.4, 0.5) is 0 Å². The van der Waals surface area contributed by atoms with E-state index in [2.05, 4.69) is 59.6 Å². The van der Waals surface area contributed by atoms with Gasteiger partial charge in [0.25, 0.3) is 0 Å². The minimum Gasteiger partial charge on any atom is -0.256 e. The van der Waals surface area contributed by atoms with Gasteiger partial charge in [0, 0.05) is 37.1 Å². The Balaban J connectivity index is 2.14. The van der Waals surface area contributed by atoms with E-state index >= 15 is 0 Å². The van der Waals surface area contributed by atoms with Crippen molar-refractivity contribution in [3.05, 3.63) is 66.9 Å². The summed E-state index contributed by atoms with van der Waals surface area (Å²) in [6.45, 7) is 0. The first-order valence-corrected chi connectivity index (χ1v) is 7.81. The van der Waals surface area contributed by atoms with Crippen LogP contribution in [-0.2, 0) is 0 Å². The molecule has 0 saturated heterocycles. The minimum absolute atomic E-state index is 1.10. The molecular formula is C19H11NS. The zero-order valence-electron chi connectivity index (χ0n) is 11.2. The van der Waals surface area contributed by atoms with Crippen molar-refractivity contribution in [3.63, 3.8) is 0 Å². The molecule has 5 aromatic rings. The van der Waals surface area contributed by atoms with Gasteiger partial charge in [0.2, 0.25) is 0 Å². The van der Waals surface area contributed by atoms with Crippen LogP contribution in [0.15, 0.2) is 66.9 Å². The van der Waals surface area contributed by atoms with Crippen LogP contribution in [0, 0.1) is 0 Å². The number of fused-ring (bicyclic) bond motifs is 7. The molecule has 2 heterocycles. The van der Waals surface area contributed by atoms with Crippen LogP contribution in [-0.4, -0.2) is 4.98 Å². The highest BCUT2D eigenvalue weighted by Crippen LogP contribution is 2.40. The van der Waals surface area contributed by atoms with Crippen molar-refractivity contribution in [2.75, 3.05) is 0 Å². The molecule has 2 heteroatoms. The Morgan fingerprint density at radius 2 is 1.57 bits per heavy atom. The highest BCUT2D eigenvalue weighted by atomic mass is 32.1. The molecule has 0 atom stereocenters. The highest BCUT2D eigenvalue weighted by molar-refractivity contribution is 7.26. The predicted octanol–water partition coefficient (Wildman–Crippen LogP) is 5.76. The Hall–Kier alpha value is -2.45. The van der Waals surface area contributed by atoms with Crippen molar-refractivity contribution in [3.8, 4) is 0 Å². The second kappa shape index (κ2) is 4.03. The summed E-state index contributed by atoms with van der Waals surface area (Å²) in [5.41, 5.74) is 1.10. The van der Waals surface area contributed by atoms with Crippen LogP contribution in [0.1, 0.15) is 0 Å². The smallest absolute Gasteiger partial charge is 0.0794 e. The van der Waals surface area contributed by atoms with E-state index in [0.717, 1.165) is 5.52 Å². The number of rotatable bonds is 0. The molecule has 0 saturated carbocycles. The molecular weight excluding hydrogens is 274 g/mol. The van der Waals surface area contributed by atoms with E-state index in [-0.39, 0.29) is 0 Å². The van der Waals surface area contributed by atoms with Gasteiger partial charge in [0.1, 0.15) is 0 Å². The fourth-order valence-electron chi connectivity index (χ4n) is 3.13. The zero-order valence-corrected chi connectivity index (χ0v) is 12.0. The molecule has 0 spiro atoms. The average molecular weight is 285 g/mol. The van der Waals surface area contributed by atoms with Crippen LogP contribution in [0.3, 0.4) is 0 Å². The molecule has 98 valence electrons. The van der Waals surface area contributed by atoms with E-state index in [1.165, 1.54) is 36.3 Å². The third-order valence-electron chi connectivity index (χ3n) is 4.10. The summed E-state index contributed by atoms with van der Waals surface area (Å²) in [5.74, 6) is 0. The molecule has 0 bridgehead atoms.